The van der Waals surface area contributed by atoms with Crippen molar-refractivity contribution in [1.82, 2.24) is 9.47 Å². The van der Waals surface area contributed by atoms with Gasteiger partial charge in [-0.1, -0.05) is 56.4 Å². The Balaban J connectivity index is 1.55. The van der Waals surface area contributed by atoms with Crippen LogP contribution in [0.5, 0.6) is 5.75 Å². The largest absolute Gasteiger partial charge is 0.491 e. The van der Waals surface area contributed by atoms with Crippen molar-refractivity contribution in [3.63, 3.8) is 0 Å². The van der Waals surface area contributed by atoms with Gasteiger partial charge in [0.1, 0.15) is 17.3 Å². The Morgan fingerprint density at radius 3 is 2.62 bits per heavy atom. The minimum absolute atomic E-state index is 0.447. The third-order valence-electron chi connectivity index (χ3n) is 5.79. The molecule has 1 aliphatic heterocycles. The molecule has 0 bridgehead atoms. The first-order chi connectivity index (χ1) is 14.0. The predicted molar refractivity (Wildman–Crippen MR) is 125 cm³/mol. The molecular formula is C25H30N2OS. The molecule has 0 atom stereocenters. The Hall–Kier alpha value is -2.33. The van der Waals surface area contributed by atoms with Crippen molar-refractivity contribution in [2.45, 2.75) is 46.1 Å². The summed E-state index contributed by atoms with van der Waals surface area (Å²) in [4.78, 5) is 3.33. The Bertz CT molecular complexity index is 1010. The second kappa shape index (κ2) is 8.58. The Morgan fingerprint density at radius 2 is 1.86 bits per heavy atom. The summed E-state index contributed by atoms with van der Waals surface area (Å²) in [6.45, 7) is 10.1. The van der Waals surface area contributed by atoms with Gasteiger partial charge in [0.05, 0.1) is 6.54 Å². The lowest BCUT2D eigenvalue weighted by atomic mass is 10.0. The molecule has 0 spiro atoms. The topological polar surface area (TPSA) is 17.4 Å². The second-order valence-corrected chi connectivity index (χ2v) is 8.68. The highest BCUT2D eigenvalue weighted by Crippen LogP contribution is 2.28. The fourth-order valence-electron chi connectivity index (χ4n) is 4.19. The van der Waals surface area contributed by atoms with E-state index in [4.69, 9.17) is 17.0 Å². The van der Waals surface area contributed by atoms with E-state index in [0.29, 0.717) is 12.5 Å². The number of likely N-dealkylation sites (tertiary alicyclic amines) is 1. The number of nitrogens with zero attached hydrogens (tertiary/aromatic N) is 2. The minimum atomic E-state index is 0.447. The molecule has 2 heterocycles. The van der Waals surface area contributed by atoms with Gasteiger partial charge in [-0.15, -0.1) is 0 Å². The molecule has 29 heavy (non-hydrogen) atoms. The monoisotopic (exact) mass is 406 g/mol. The van der Waals surface area contributed by atoms with Crippen molar-refractivity contribution in [1.29, 1.82) is 0 Å². The number of para-hydroxylation sites is 1. The number of rotatable bonds is 6. The zero-order valence-electron chi connectivity index (χ0n) is 17.6. The summed E-state index contributed by atoms with van der Waals surface area (Å²) in [6.07, 6.45) is 4.69. The van der Waals surface area contributed by atoms with Crippen LogP contribution < -0.4 is 4.74 Å². The Labute approximate surface area is 179 Å². The van der Waals surface area contributed by atoms with E-state index in [0.717, 1.165) is 30.4 Å². The zero-order valence-corrected chi connectivity index (χ0v) is 18.5. The van der Waals surface area contributed by atoms with Gasteiger partial charge in [0.15, 0.2) is 0 Å². The first kappa shape index (κ1) is 20.0. The number of aryl methyl sites for hydroxylation is 1. The lowest BCUT2D eigenvalue weighted by Crippen LogP contribution is -2.26. The van der Waals surface area contributed by atoms with E-state index >= 15 is 0 Å². The lowest BCUT2D eigenvalue weighted by Gasteiger charge is -2.17. The summed E-state index contributed by atoms with van der Waals surface area (Å²) in [5.74, 6) is 1.45. The van der Waals surface area contributed by atoms with E-state index in [1.807, 2.05) is 0 Å². The van der Waals surface area contributed by atoms with Crippen LogP contribution in [0.3, 0.4) is 0 Å². The third kappa shape index (κ3) is 4.18. The number of benzene rings is 2. The lowest BCUT2D eigenvalue weighted by molar-refractivity contribution is 0.296. The van der Waals surface area contributed by atoms with Gasteiger partial charge in [0, 0.05) is 35.8 Å². The van der Waals surface area contributed by atoms with E-state index in [-0.39, 0.29) is 0 Å². The van der Waals surface area contributed by atoms with Gasteiger partial charge in [-0.05, 0) is 48.9 Å². The van der Waals surface area contributed by atoms with Gasteiger partial charge < -0.3 is 14.2 Å². The number of hydrogen-bond donors (Lipinski definition) is 0. The van der Waals surface area contributed by atoms with Crippen LogP contribution in [0.1, 0.15) is 49.3 Å². The molecule has 152 valence electrons. The van der Waals surface area contributed by atoms with Gasteiger partial charge in [0.25, 0.3) is 0 Å². The quantitative estimate of drug-likeness (QED) is 0.473. The standard InChI is InChI=1S/C25H30N2OS/c1-18(2)20-11-10-19(3)16-24(20)28-15-14-27-17-22(21-8-4-5-9-23(21)27)25(29)26-12-6-7-13-26/h4-5,8-11,16-18H,6-7,12-15H2,1-3H3. The summed E-state index contributed by atoms with van der Waals surface area (Å²) in [5, 5.41) is 1.24. The summed E-state index contributed by atoms with van der Waals surface area (Å²) in [6, 6.07) is 15.1. The zero-order chi connectivity index (χ0) is 20.4. The highest BCUT2D eigenvalue weighted by Gasteiger charge is 2.20. The SMILES string of the molecule is Cc1ccc(C(C)C)c(OCCn2cc(C(=S)N3CCCC3)c3ccccc32)c1. The van der Waals surface area contributed by atoms with Gasteiger partial charge >= 0.3 is 0 Å². The van der Waals surface area contributed by atoms with Crippen LogP contribution in [-0.2, 0) is 6.54 Å². The first-order valence-corrected chi connectivity index (χ1v) is 11.1. The van der Waals surface area contributed by atoms with Crippen molar-refractivity contribution < 1.29 is 4.74 Å². The number of fused-ring (bicyclic) bond motifs is 1. The van der Waals surface area contributed by atoms with Crippen LogP contribution in [0.2, 0.25) is 0 Å². The van der Waals surface area contributed by atoms with Crippen molar-refractivity contribution in [3.8, 4) is 5.75 Å². The highest BCUT2D eigenvalue weighted by atomic mass is 32.1. The molecular weight excluding hydrogens is 376 g/mol. The maximum absolute atomic E-state index is 6.24. The normalized spacial score (nSPS) is 14.1. The van der Waals surface area contributed by atoms with Crippen LogP contribution >= 0.6 is 12.2 Å². The van der Waals surface area contributed by atoms with E-state index in [1.165, 1.54) is 40.4 Å². The van der Waals surface area contributed by atoms with Gasteiger partial charge in [-0.2, -0.15) is 0 Å². The molecule has 1 aromatic heterocycles. The van der Waals surface area contributed by atoms with Crippen LogP contribution in [-0.4, -0.2) is 34.2 Å². The number of thiocarbonyl (C=S) groups is 1. The van der Waals surface area contributed by atoms with Crippen molar-refractivity contribution in [2.75, 3.05) is 19.7 Å². The molecule has 4 heteroatoms. The fraction of sp³-hybridized carbons (Fsp3) is 0.400. The molecule has 0 amide bonds. The van der Waals surface area contributed by atoms with Crippen molar-refractivity contribution in [3.05, 3.63) is 65.4 Å². The number of hydrogen-bond acceptors (Lipinski definition) is 2. The number of ether oxygens (including phenoxy) is 1. The van der Waals surface area contributed by atoms with E-state index in [2.05, 4.69) is 78.9 Å². The van der Waals surface area contributed by atoms with Crippen LogP contribution in [0.15, 0.2) is 48.7 Å². The average Bonchev–Trinajstić information content (AvgIpc) is 3.36. The molecule has 3 aromatic rings. The summed E-state index contributed by atoms with van der Waals surface area (Å²) in [7, 11) is 0. The van der Waals surface area contributed by atoms with Crippen LogP contribution in [0.25, 0.3) is 10.9 Å². The van der Waals surface area contributed by atoms with Crippen LogP contribution in [0.4, 0.5) is 0 Å². The molecule has 1 fully saturated rings. The minimum Gasteiger partial charge on any atom is -0.491 e. The van der Waals surface area contributed by atoms with E-state index in [9.17, 15) is 0 Å². The Morgan fingerprint density at radius 1 is 1.10 bits per heavy atom. The highest BCUT2D eigenvalue weighted by molar-refractivity contribution is 7.80. The van der Waals surface area contributed by atoms with Gasteiger partial charge in [-0.25, -0.2) is 0 Å². The summed E-state index contributed by atoms with van der Waals surface area (Å²) < 4.78 is 8.53. The van der Waals surface area contributed by atoms with Gasteiger partial charge in [0.2, 0.25) is 0 Å². The Kier molecular flexibility index (Phi) is 5.91. The van der Waals surface area contributed by atoms with Crippen LogP contribution in [0, 0.1) is 6.92 Å². The molecule has 0 unspecified atom stereocenters. The van der Waals surface area contributed by atoms with E-state index in [1.54, 1.807) is 0 Å². The average molecular weight is 407 g/mol. The predicted octanol–water partition coefficient (Wildman–Crippen LogP) is 5.92. The number of aromatic nitrogens is 1. The molecule has 4 rings (SSSR count). The molecule has 0 radical (unpaired) electrons. The third-order valence-corrected chi connectivity index (χ3v) is 6.27. The molecule has 1 aliphatic rings. The fourth-order valence-corrected chi connectivity index (χ4v) is 4.54. The van der Waals surface area contributed by atoms with Crippen molar-refractivity contribution in [2.24, 2.45) is 0 Å². The molecule has 3 nitrogen and oxygen atoms in total. The second-order valence-electron chi connectivity index (χ2n) is 8.30. The maximum atomic E-state index is 6.24. The summed E-state index contributed by atoms with van der Waals surface area (Å²) >= 11 is 5.85. The molecule has 2 aromatic carbocycles. The van der Waals surface area contributed by atoms with Crippen molar-refractivity contribution >= 4 is 28.1 Å². The van der Waals surface area contributed by atoms with E-state index < -0.39 is 0 Å². The molecule has 0 N–H and O–H groups in total. The molecule has 0 aliphatic carbocycles. The maximum Gasteiger partial charge on any atom is 0.123 e. The smallest absolute Gasteiger partial charge is 0.123 e. The first-order valence-electron chi connectivity index (χ1n) is 10.6. The van der Waals surface area contributed by atoms with Gasteiger partial charge in [-0.3, -0.25) is 0 Å². The molecule has 1 saturated heterocycles. The molecule has 0 saturated carbocycles. The summed E-state index contributed by atoms with van der Waals surface area (Å²) in [5.41, 5.74) is 4.90.